The molecule has 20 heavy (non-hydrogen) atoms. The largest absolute Gasteiger partial charge is 0.130 e. The van der Waals surface area contributed by atoms with Gasteiger partial charge in [-0.1, -0.05) is 29.8 Å². The number of aryl methyl sites for hydroxylation is 1. The number of benzene rings is 2. The predicted molar refractivity (Wildman–Crippen MR) is 90.2 cm³/mol. The number of hydrogen-bond donors (Lipinski definition) is 0. The molecule has 0 fully saturated rings. The van der Waals surface area contributed by atoms with E-state index in [4.69, 9.17) is 6.42 Å². The summed E-state index contributed by atoms with van der Waals surface area (Å²) in [6.45, 7) is 2.12. The summed E-state index contributed by atoms with van der Waals surface area (Å²) in [7, 11) is 0. The molecule has 0 unspecified atom stereocenters. The zero-order chi connectivity index (χ0) is 14.1. The average Bonchev–Trinajstić information content (AvgIpc) is 2.62. The maximum absolute atomic E-state index is 5.73. The van der Waals surface area contributed by atoms with Gasteiger partial charge in [-0.3, -0.25) is 0 Å². The molecule has 2 aromatic carbocycles. The minimum absolute atomic E-state index is 0.964. The van der Waals surface area contributed by atoms with Gasteiger partial charge in [0.15, 0.2) is 0 Å². The molecular weight excluding hydrogens is 280 g/mol. The molecule has 0 aliphatic carbocycles. The maximum atomic E-state index is 5.73. The lowest BCUT2D eigenvalue weighted by Gasteiger charge is -2.08. The number of fused-ring (bicyclic) bond motifs is 2. The number of thioether (sulfide) groups is 1. The van der Waals surface area contributed by atoms with Gasteiger partial charge in [0.25, 0.3) is 0 Å². The molecule has 2 aromatic rings. The van der Waals surface area contributed by atoms with Gasteiger partial charge in [0.1, 0.15) is 0 Å². The summed E-state index contributed by atoms with van der Waals surface area (Å²) in [6, 6.07) is 13.0. The Bertz CT molecular complexity index is 748. The minimum atomic E-state index is 0.964. The fourth-order valence-electron chi connectivity index (χ4n) is 2.26. The highest BCUT2D eigenvalue weighted by Gasteiger charge is 2.15. The lowest BCUT2D eigenvalue weighted by molar-refractivity contribution is 1.30. The van der Waals surface area contributed by atoms with Crippen molar-refractivity contribution in [3.05, 3.63) is 53.1 Å². The first-order valence-corrected chi connectivity index (χ1v) is 8.40. The van der Waals surface area contributed by atoms with Crippen LogP contribution in [0.25, 0.3) is 11.6 Å². The summed E-state index contributed by atoms with van der Waals surface area (Å²) in [6.07, 6.45) is 9.94. The summed E-state index contributed by atoms with van der Waals surface area (Å²) < 4.78 is 0. The monoisotopic (exact) mass is 294 g/mol. The Morgan fingerprint density at radius 1 is 1.10 bits per heavy atom. The topological polar surface area (TPSA) is 0 Å². The van der Waals surface area contributed by atoms with Crippen molar-refractivity contribution >= 4 is 35.2 Å². The zero-order valence-electron chi connectivity index (χ0n) is 11.4. The van der Waals surface area contributed by atoms with E-state index in [1.807, 2.05) is 0 Å². The van der Waals surface area contributed by atoms with Crippen molar-refractivity contribution in [1.29, 1.82) is 0 Å². The molecule has 0 amide bonds. The summed E-state index contributed by atoms with van der Waals surface area (Å²) in [5.41, 5.74) is 4.61. The highest BCUT2D eigenvalue weighted by Crippen LogP contribution is 2.41. The van der Waals surface area contributed by atoms with E-state index in [0.717, 1.165) is 5.57 Å². The predicted octanol–water partition coefficient (Wildman–Crippen LogP) is 5.36. The second kappa shape index (κ2) is 5.44. The first-order chi connectivity index (χ1) is 9.71. The zero-order valence-corrected chi connectivity index (χ0v) is 13.1. The molecule has 0 saturated carbocycles. The van der Waals surface area contributed by atoms with Crippen molar-refractivity contribution in [2.45, 2.75) is 21.6 Å². The first kappa shape index (κ1) is 13.4. The van der Waals surface area contributed by atoms with Crippen molar-refractivity contribution in [3.63, 3.8) is 0 Å². The minimum Gasteiger partial charge on any atom is -0.130 e. The molecular formula is C18H14S2. The lowest BCUT2D eigenvalue weighted by atomic mass is 10.0. The van der Waals surface area contributed by atoms with Crippen LogP contribution < -0.4 is 0 Å². The number of hydrogen-bond acceptors (Lipinski definition) is 2. The van der Waals surface area contributed by atoms with Crippen LogP contribution in [0.2, 0.25) is 0 Å². The maximum Gasteiger partial charge on any atom is 0.0333 e. The molecule has 0 saturated heterocycles. The van der Waals surface area contributed by atoms with E-state index in [1.54, 1.807) is 23.5 Å². The van der Waals surface area contributed by atoms with E-state index in [2.05, 4.69) is 61.6 Å². The molecule has 2 heteroatoms. The van der Waals surface area contributed by atoms with Crippen LogP contribution in [0, 0.1) is 19.3 Å². The molecule has 98 valence electrons. The van der Waals surface area contributed by atoms with Gasteiger partial charge in [-0.2, -0.15) is 0 Å². The van der Waals surface area contributed by atoms with Crippen LogP contribution in [0.15, 0.2) is 51.1 Å². The summed E-state index contributed by atoms with van der Waals surface area (Å²) in [5.74, 6) is 2.85. The van der Waals surface area contributed by atoms with Crippen molar-refractivity contribution in [2.24, 2.45) is 0 Å². The van der Waals surface area contributed by atoms with Crippen LogP contribution in [-0.2, 0) is 0 Å². The van der Waals surface area contributed by atoms with E-state index in [-0.39, 0.29) is 0 Å². The molecule has 1 heterocycles. The average molecular weight is 294 g/mol. The SMILES string of the molecule is C#CC1=Cc2ccc(C)cc2Sc2ccc(SC)cc21. The molecule has 0 spiro atoms. The van der Waals surface area contributed by atoms with Gasteiger partial charge in [-0.25, -0.2) is 0 Å². The number of rotatable bonds is 1. The van der Waals surface area contributed by atoms with Crippen LogP contribution in [0.3, 0.4) is 0 Å². The van der Waals surface area contributed by atoms with Crippen LogP contribution in [0.4, 0.5) is 0 Å². The Morgan fingerprint density at radius 2 is 1.95 bits per heavy atom. The van der Waals surface area contributed by atoms with E-state index in [0.29, 0.717) is 0 Å². The molecule has 0 N–H and O–H groups in total. The van der Waals surface area contributed by atoms with Crippen molar-refractivity contribution in [2.75, 3.05) is 6.26 Å². The Labute approximate surface area is 128 Å². The summed E-state index contributed by atoms with van der Waals surface area (Å²) >= 11 is 3.54. The Balaban J connectivity index is 2.24. The fraction of sp³-hybridized carbons (Fsp3) is 0.111. The third-order valence-corrected chi connectivity index (χ3v) is 5.20. The van der Waals surface area contributed by atoms with E-state index < -0.39 is 0 Å². The smallest absolute Gasteiger partial charge is 0.0333 e. The molecule has 0 bridgehead atoms. The Hall–Kier alpha value is -1.56. The van der Waals surface area contributed by atoms with Crippen LogP contribution >= 0.6 is 23.5 Å². The molecule has 3 rings (SSSR count). The summed E-state index contributed by atoms with van der Waals surface area (Å²) in [4.78, 5) is 3.75. The summed E-state index contributed by atoms with van der Waals surface area (Å²) in [5, 5.41) is 0. The third kappa shape index (κ3) is 2.40. The van der Waals surface area contributed by atoms with Crippen molar-refractivity contribution in [1.82, 2.24) is 0 Å². The fourth-order valence-corrected chi connectivity index (χ4v) is 3.84. The van der Waals surface area contributed by atoms with E-state index >= 15 is 0 Å². The second-order valence-corrected chi connectivity index (χ2v) is 6.67. The number of allylic oxidation sites excluding steroid dienone is 1. The Kier molecular flexibility index (Phi) is 3.65. The molecule has 0 nitrogen and oxygen atoms in total. The highest BCUT2D eigenvalue weighted by molar-refractivity contribution is 7.99. The van der Waals surface area contributed by atoms with Crippen molar-refractivity contribution in [3.8, 4) is 12.3 Å². The normalized spacial score (nSPS) is 12.8. The highest BCUT2D eigenvalue weighted by atomic mass is 32.2. The van der Waals surface area contributed by atoms with Gasteiger partial charge in [0, 0.05) is 25.8 Å². The quantitative estimate of drug-likeness (QED) is 0.513. The number of terminal acetylenes is 1. The van der Waals surface area contributed by atoms with Crippen molar-refractivity contribution < 1.29 is 0 Å². The van der Waals surface area contributed by atoms with Crippen LogP contribution in [0.5, 0.6) is 0 Å². The molecule has 0 aromatic heterocycles. The molecule has 0 radical (unpaired) electrons. The molecule has 1 aliphatic rings. The van der Waals surface area contributed by atoms with Gasteiger partial charge < -0.3 is 0 Å². The second-order valence-electron chi connectivity index (χ2n) is 4.71. The van der Waals surface area contributed by atoms with Gasteiger partial charge >= 0.3 is 0 Å². The third-order valence-electron chi connectivity index (χ3n) is 3.32. The standard InChI is InChI=1S/C18H14S2/c1-4-13-10-14-6-5-12(2)9-18(14)20-17-8-7-15(19-3)11-16(13)17/h1,5-11H,2-3H3. The van der Waals surface area contributed by atoms with E-state index in [9.17, 15) is 0 Å². The van der Waals surface area contributed by atoms with Gasteiger partial charge in [-0.05, 0) is 54.6 Å². The Morgan fingerprint density at radius 3 is 2.70 bits per heavy atom. The van der Waals surface area contributed by atoms with Crippen LogP contribution in [0.1, 0.15) is 16.7 Å². The first-order valence-electron chi connectivity index (χ1n) is 6.36. The molecule has 0 atom stereocenters. The van der Waals surface area contributed by atoms with Crippen LogP contribution in [-0.4, -0.2) is 6.26 Å². The van der Waals surface area contributed by atoms with Gasteiger partial charge in [-0.15, -0.1) is 18.2 Å². The lowest BCUT2D eigenvalue weighted by Crippen LogP contribution is -1.85. The van der Waals surface area contributed by atoms with E-state index in [1.165, 1.54) is 31.4 Å². The molecule has 1 aliphatic heterocycles. The van der Waals surface area contributed by atoms with Gasteiger partial charge in [0.2, 0.25) is 0 Å². The van der Waals surface area contributed by atoms with Gasteiger partial charge in [0.05, 0.1) is 0 Å².